The number of aryl methyl sites for hydroxylation is 1. The van der Waals surface area contributed by atoms with Crippen LogP contribution in [0.1, 0.15) is 12.8 Å². The van der Waals surface area contributed by atoms with Crippen LogP contribution in [0.3, 0.4) is 0 Å². The summed E-state index contributed by atoms with van der Waals surface area (Å²) in [6, 6.07) is 12.2. The summed E-state index contributed by atoms with van der Waals surface area (Å²) in [5, 5.41) is 4.20. The molecule has 0 unspecified atom stereocenters. The first kappa shape index (κ1) is 21.3. The molecule has 1 saturated heterocycles. The second kappa shape index (κ2) is 9.88. The van der Waals surface area contributed by atoms with Gasteiger partial charge in [-0.15, -0.1) is 0 Å². The van der Waals surface area contributed by atoms with Gasteiger partial charge in [0.2, 0.25) is 5.95 Å². The summed E-state index contributed by atoms with van der Waals surface area (Å²) in [6.45, 7) is 5.35. The molecule has 0 aliphatic carbocycles. The van der Waals surface area contributed by atoms with Crippen molar-refractivity contribution in [3.8, 4) is 0 Å². The zero-order valence-electron chi connectivity index (χ0n) is 17.3. The number of hydrogen-bond donors (Lipinski definition) is 1. The Hall–Kier alpha value is -2.98. The Labute approximate surface area is 182 Å². The van der Waals surface area contributed by atoms with Gasteiger partial charge < -0.3 is 4.90 Å². The summed E-state index contributed by atoms with van der Waals surface area (Å²) in [7, 11) is -3.76. The molecule has 1 N–H and O–H groups in total. The number of para-hydroxylation sites is 1. The summed E-state index contributed by atoms with van der Waals surface area (Å²) in [4.78, 5) is 13.1. The van der Waals surface area contributed by atoms with Gasteiger partial charge in [0.1, 0.15) is 0 Å². The molecule has 31 heavy (non-hydrogen) atoms. The number of nitrogens with one attached hydrogen (secondary N) is 1. The van der Waals surface area contributed by atoms with Crippen LogP contribution in [0.2, 0.25) is 0 Å². The Morgan fingerprint density at radius 2 is 1.68 bits per heavy atom. The van der Waals surface area contributed by atoms with E-state index < -0.39 is 10.0 Å². The molecule has 0 spiro atoms. The lowest BCUT2D eigenvalue weighted by Gasteiger charge is -2.34. The van der Waals surface area contributed by atoms with Crippen molar-refractivity contribution in [2.45, 2.75) is 24.4 Å². The Morgan fingerprint density at radius 1 is 0.903 bits per heavy atom. The fourth-order valence-corrected chi connectivity index (χ4v) is 4.55. The van der Waals surface area contributed by atoms with Crippen LogP contribution in [0.4, 0.5) is 11.6 Å². The molecule has 3 heterocycles. The maximum Gasteiger partial charge on any atom is 0.279 e. The lowest BCUT2D eigenvalue weighted by molar-refractivity contribution is 0.249. The first-order valence-electron chi connectivity index (χ1n) is 10.5. The fourth-order valence-electron chi connectivity index (χ4n) is 3.56. The van der Waals surface area contributed by atoms with E-state index in [0.29, 0.717) is 11.6 Å². The molecule has 1 aliphatic rings. The molecular weight excluding hydrogens is 414 g/mol. The molecule has 0 amide bonds. The van der Waals surface area contributed by atoms with Gasteiger partial charge in [-0.3, -0.25) is 14.3 Å². The zero-order valence-corrected chi connectivity index (χ0v) is 18.2. The maximum atomic E-state index is 12.7. The minimum atomic E-state index is -3.76. The van der Waals surface area contributed by atoms with Crippen molar-refractivity contribution >= 4 is 21.7 Å². The highest BCUT2D eigenvalue weighted by atomic mass is 32.2. The van der Waals surface area contributed by atoms with Crippen molar-refractivity contribution in [3.63, 3.8) is 0 Å². The summed E-state index contributed by atoms with van der Waals surface area (Å²) in [5.41, 5.74) is 0.504. The Morgan fingerprint density at radius 3 is 2.42 bits per heavy atom. The van der Waals surface area contributed by atoms with Crippen LogP contribution < -0.4 is 9.62 Å². The highest BCUT2D eigenvalue weighted by Gasteiger charge is 2.22. The zero-order chi connectivity index (χ0) is 21.5. The molecule has 3 aromatic rings. The minimum Gasteiger partial charge on any atom is -0.338 e. The lowest BCUT2D eigenvalue weighted by atomic mass is 10.2. The number of hydrogen-bond acceptors (Lipinski definition) is 7. The van der Waals surface area contributed by atoms with E-state index in [1.807, 2.05) is 27.9 Å². The lowest BCUT2D eigenvalue weighted by Crippen LogP contribution is -2.47. The van der Waals surface area contributed by atoms with Crippen LogP contribution in [0.5, 0.6) is 0 Å². The quantitative estimate of drug-likeness (QED) is 0.401. The topological polar surface area (TPSA) is 96.2 Å². The van der Waals surface area contributed by atoms with Crippen molar-refractivity contribution in [2.24, 2.45) is 0 Å². The minimum absolute atomic E-state index is 0.0256. The van der Waals surface area contributed by atoms with Crippen LogP contribution in [-0.4, -0.2) is 65.8 Å². The summed E-state index contributed by atoms with van der Waals surface area (Å²) < 4.78 is 29.9. The van der Waals surface area contributed by atoms with Gasteiger partial charge >= 0.3 is 0 Å². The highest BCUT2D eigenvalue weighted by Crippen LogP contribution is 2.17. The largest absolute Gasteiger partial charge is 0.338 e. The number of rotatable bonds is 9. The number of sulfonamides is 1. The first-order chi connectivity index (χ1) is 15.1. The van der Waals surface area contributed by atoms with Gasteiger partial charge in [0.05, 0.1) is 0 Å². The Bertz CT molecular complexity index is 1050. The second-order valence-corrected chi connectivity index (χ2v) is 9.10. The molecule has 4 rings (SSSR count). The number of piperazine rings is 1. The monoisotopic (exact) mass is 441 g/mol. The molecule has 10 heteroatoms. The third-order valence-corrected chi connectivity index (χ3v) is 6.53. The average molecular weight is 442 g/mol. The van der Waals surface area contributed by atoms with Crippen molar-refractivity contribution in [3.05, 3.63) is 61.1 Å². The second-order valence-electron chi connectivity index (χ2n) is 7.47. The normalized spacial score (nSPS) is 15.2. The molecule has 1 fully saturated rings. The maximum absolute atomic E-state index is 12.7. The van der Waals surface area contributed by atoms with Gasteiger partial charge in [-0.25, -0.2) is 4.98 Å². The van der Waals surface area contributed by atoms with E-state index in [-0.39, 0.29) is 5.03 Å². The highest BCUT2D eigenvalue weighted by molar-refractivity contribution is 7.92. The molecule has 2 aromatic heterocycles. The first-order valence-corrected chi connectivity index (χ1v) is 11.9. The van der Waals surface area contributed by atoms with Crippen LogP contribution in [0.25, 0.3) is 0 Å². The van der Waals surface area contributed by atoms with Gasteiger partial charge in [0.15, 0.2) is 5.03 Å². The van der Waals surface area contributed by atoms with Crippen LogP contribution in [0.15, 0.2) is 66.1 Å². The fraction of sp³-hybridized carbons (Fsp3) is 0.381. The Balaban J connectivity index is 1.28. The van der Waals surface area contributed by atoms with Crippen LogP contribution >= 0.6 is 0 Å². The van der Waals surface area contributed by atoms with Gasteiger partial charge in [0.25, 0.3) is 10.0 Å². The predicted octanol–water partition coefficient (Wildman–Crippen LogP) is 2.08. The van der Waals surface area contributed by atoms with Crippen LogP contribution in [0, 0.1) is 0 Å². The Kier molecular flexibility index (Phi) is 6.78. The van der Waals surface area contributed by atoms with Gasteiger partial charge in [0, 0.05) is 57.0 Å². The molecule has 164 valence electrons. The van der Waals surface area contributed by atoms with Crippen molar-refractivity contribution < 1.29 is 8.42 Å². The third-order valence-electron chi connectivity index (χ3n) is 5.24. The third kappa shape index (κ3) is 5.80. The van der Waals surface area contributed by atoms with Crippen molar-refractivity contribution in [1.29, 1.82) is 0 Å². The molecule has 0 saturated carbocycles. The molecule has 0 radical (unpaired) electrons. The van der Waals surface area contributed by atoms with Gasteiger partial charge in [-0.1, -0.05) is 18.2 Å². The molecule has 0 bridgehead atoms. The predicted molar refractivity (Wildman–Crippen MR) is 119 cm³/mol. The molecular formula is C21H27N7O2S. The standard InChI is InChI=1S/C21H27N7O2S/c29-31(30,25-19-7-2-1-3-8-19)20-9-11-22-21(24-20)27-17-15-26(16-18-27)12-4-5-13-28-14-6-10-23-28/h1-3,6-11,14,25H,4-5,12-13,15-18H2. The van der Waals surface area contributed by atoms with Crippen molar-refractivity contribution in [2.75, 3.05) is 42.3 Å². The van der Waals surface area contributed by atoms with Gasteiger partial charge in [-0.05, 0) is 43.7 Å². The summed E-state index contributed by atoms with van der Waals surface area (Å²) in [6.07, 6.45) is 7.51. The van der Waals surface area contributed by atoms with E-state index in [9.17, 15) is 8.42 Å². The number of benzene rings is 1. The molecule has 1 aromatic carbocycles. The smallest absolute Gasteiger partial charge is 0.279 e. The van der Waals surface area contributed by atoms with E-state index in [2.05, 4.69) is 24.7 Å². The van der Waals surface area contributed by atoms with Crippen molar-refractivity contribution in [1.82, 2.24) is 24.6 Å². The molecule has 9 nitrogen and oxygen atoms in total. The number of anilines is 2. The van der Waals surface area contributed by atoms with Crippen LogP contribution in [-0.2, 0) is 16.6 Å². The molecule has 0 atom stereocenters. The number of nitrogens with zero attached hydrogens (tertiary/aromatic N) is 6. The number of unbranched alkanes of at least 4 members (excludes halogenated alkanes) is 1. The van der Waals surface area contributed by atoms with E-state index in [0.717, 1.165) is 52.1 Å². The van der Waals surface area contributed by atoms with Gasteiger partial charge in [-0.2, -0.15) is 18.5 Å². The van der Waals surface area contributed by atoms with E-state index in [1.54, 1.807) is 30.5 Å². The number of aromatic nitrogens is 4. The average Bonchev–Trinajstić information content (AvgIpc) is 3.31. The summed E-state index contributed by atoms with van der Waals surface area (Å²) >= 11 is 0. The SMILES string of the molecule is O=S(=O)(Nc1ccccc1)c1ccnc(N2CCN(CCCCn3cccn3)CC2)n1. The van der Waals surface area contributed by atoms with E-state index in [4.69, 9.17) is 0 Å². The summed E-state index contributed by atoms with van der Waals surface area (Å²) in [5.74, 6) is 0.453. The van der Waals surface area contributed by atoms with E-state index in [1.165, 1.54) is 12.3 Å². The molecule has 1 aliphatic heterocycles. The van der Waals surface area contributed by atoms with E-state index >= 15 is 0 Å².